The third-order valence-electron chi connectivity index (χ3n) is 4.19. The van der Waals surface area contributed by atoms with Gasteiger partial charge in [0, 0.05) is 52.9 Å². The Bertz CT molecular complexity index is 487. The van der Waals surface area contributed by atoms with Crippen LogP contribution in [0.2, 0.25) is 0 Å². The van der Waals surface area contributed by atoms with Crippen LogP contribution in [-0.2, 0) is 11.3 Å². The predicted octanol–water partition coefficient (Wildman–Crippen LogP) is 2.81. The number of rotatable bonds is 7. The molecule has 0 unspecified atom stereocenters. The van der Waals surface area contributed by atoms with Gasteiger partial charge in [-0.25, -0.2) is 0 Å². The van der Waals surface area contributed by atoms with Gasteiger partial charge in [-0.05, 0) is 25.8 Å². The summed E-state index contributed by atoms with van der Waals surface area (Å²) in [6.45, 7) is 11.1. The first-order valence-electron chi connectivity index (χ1n) is 9.02. The first-order valence-corrected chi connectivity index (χ1v) is 9.02. The molecule has 1 aromatic carbocycles. The van der Waals surface area contributed by atoms with Crippen LogP contribution in [0, 0.1) is 0 Å². The summed E-state index contributed by atoms with van der Waals surface area (Å²) in [6, 6.07) is 10.7. The van der Waals surface area contributed by atoms with E-state index < -0.39 is 0 Å². The molecule has 25 heavy (non-hydrogen) atoms. The van der Waals surface area contributed by atoms with Crippen LogP contribution in [0.15, 0.2) is 35.3 Å². The molecule has 0 saturated carbocycles. The lowest BCUT2D eigenvalue weighted by atomic mass is 10.2. The topological polar surface area (TPSA) is 40.1 Å². The molecule has 1 fully saturated rings. The van der Waals surface area contributed by atoms with Crippen molar-refractivity contribution >= 4 is 29.9 Å². The fraction of sp³-hybridized carbons (Fsp3) is 0.632. The maximum absolute atomic E-state index is 5.57. The number of hydrogen-bond acceptors (Lipinski definition) is 3. The number of ether oxygens (including phenoxy) is 1. The molecule has 0 atom stereocenters. The lowest BCUT2D eigenvalue weighted by Crippen LogP contribution is -2.52. The second-order valence-electron chi connectivity index (χ2n) is 6.50. The Balaban J connectivity index is 0.00000312. The summed E-state index contributed by atoms with van der Waals surface area (Å²) in [5.41, 5.74) is 1.39. The van der Waals surface area contributed by atoms with Gasteiger partial charge < -0.3 is 15.0 Å². The average molecular weight is 460 g/mol. The standard InChI is InChI=1S/C19H32N4O.HI/c1-17(2)24-15-7-10-21-19(20-3)23-13-11-22(12-14-23)16-18-8-5-4-6-9-18;/h4-6,8-9,17H,7,10-16H2,1-3H3,(H,20,21);1H. The summed E-state index contributed by atoms with van der Waals surface area (Å²) in [7, 11) is 1.86. The summed E-state index contributed by atoms with van der Waals surface area (Å²) in [4.78, 5) is 9.29. The van der Waals surface area contributed by atoms with Crippen molar-refractivity contribution in [1.82, 2.24) is 15.1 Å². The van der Waals surface area contributed by atoms with Crippen LogP contribution in [0.5, 0.6) is 0 Å². The molecule has 2 rings (SSSR count). The van der Waals surface area contributed by atoms with Crippen molar-refractivity contribution < 1.29 is 4.74 Å². The van der Waals surface area contributed by atoms with Gasteiger partial charge in [-0.2, -0.15) is 0 Å². The highest BCUT2D eigenvalue weighted by Crippen LogP contribution is 2.08. The molecule has 0 radical (unpaired) electrons. The van der Waals surface area contributed by atoms with E-state index in [0.29, 0.717) is 6.10 Å². The Morgan fingerprint density at radius 3 is 2.44 bits per heavy atom. The summed E-state index contributed by atoms with van der Waals surface area (Å²) in [5, 5.41) is 3.45. The van der Waals surface area contributed by atoms with E-state index in [1.165, 1.54) is 5.56 Å². The van der Waals surface area contributed by atoms with Gasteiger partial charge in [0.1, 0.15) is 0 Å². The number of nitrogens with one attached hydrogen (secondary N) is 1. The molecule has 6 heteroatoms. The van der Waals surface area contributed by atoms with Gasteiger partial charge in [-0.15, -0.1) is 24.0 Å². The minimum absolute atomic E-state index is 0. The maximum Gasteiger partial charge on any atom is 0.193 e. The van der Waals surface area contributed by atoms with E-state index in [1.807, 2.05) is 7.05 Å². The van der Waals surface area contributed by atoms with Crippen LogP contribution < -0.4 is 5.32 Å². The van der Waals surface area contributed by atoms with E-state index in [4.69, 9.17) is 4.74 Å². The summed E-state index contributed by atoms with van der Waals surface area (Å²) >= 11 is 0. The number of benzene rings is 1. The first kappa shape index (κ1) is 22.2. The Hall–Kier alpha value is -0.860. The van der Waals surface area contributed by atoms with E-state index in [1.54, 1.807) is 0 Å². The zero-order chi connectivity index (χ0) is 17.2. The molecule has 0 spiro atoms. The molecule has 0 aliphatic carbocycles. The van der Waals surface area contributed by atoms with Gasteiger partial charge in [-0.3, -0.25) is 9.89 Å². The zero-order valence-electron chi connectivity index (χ0n) is 15.8. The van der Waals surface area contributed by atoms with Gasteiger partial charge in [0.25, 0.3) is 0 Å². The van der Waals surface area contributed by atoms with Crippen LogP contribution >= 0.6 is 24.0 Å². The van der Waals surface area contributed by atoms with Crippen molar-refractivity contribution in [2.24, 2.45) is 4.99 Å². The SMILES string of the molecule is CN=C(NCCCOC(C)C)N1CCN(Cc2ccccc2)CC1.I. The minimum atomic E-state index is 0. The highest BCUT2D eigenvalue weighted by molar-refractivity contribution is 14.0. The Morgan fingerprint density at radius 1 is 1.16 bits per heavy atom. The largest absolute Gasteiger partial charge is 0.379 e. The second-order valence-corrected chi connectivity index (χ2v) is 6.50. The number of nitrogens with zero attached hydrogens (tertiary/aromatic N) is 3. The maximum atomic E-state index is 5.57. The van der Waals surface area contributed by atoms with Gasteiger partial charge in [0.2, 0.25) is 0 Å². The Labute approximate surface area is 169 Å². The highest BCUT2D eigenvalue weighted by Gasteiger charge is 2.19. The van der Waals surface area contributed by atoms with E-state index >= 15 is 0 Å². The summed E-state index contributed by atoms with van der Waals surface area (Å²) in [5.74, 6) is 1.01. The Kier molecular flexibility index (Phi) is 11.1. The second kappa shape index (κ2) is 12.5. The molecule has 1 heterocycles. The zero-order valence-corrected chi connectivity index (χ0v) is 18.1. The van der Waals surface area contributed by atoms with Crippen molar-refractivity contribution in [3.05, 3.63) is 35.9 Å². The van der Waals surface area contributed by atoms with Gasteiger partial charge in [0.05, 0.1) is 6.10 Å². The third-order valence-corrected chi connectivity index (χ3v) is 4.19. The van der Waals surface area contributed by atoms with Gasteiger partial charge >= 0.3 is 0 Å². The number of halogens is 1. The molecule has 1 aromatic rings. The molecule has 1 saturated heterocycles. The molecular weight excluding hydrogens is 427 g/mol. The minimum Gasteiger partial charge on any atom is -0.379 e. The lowest BCUT2D eigenvalue weighted by molar-refractivity contribution is 0.0775. The molecule has 0 bridgehead atoms. The Morgan fingerprint density at radius 2 is 1.84 bits per heavy atom. The van der Waals surface area contributed by atoms with E-state index in [-0.39, 0.29) is 24.0 Å². The molecule has 5 nitrogen and oxygen atoms in total. The van der Waals surface area contributed by atoms with Crippen LogP contribution in [0.1, 0.15) is 25.8 Å². The van der Waals surface area contributed by atoms with Crippen molar-refractivity contribution in [2.75, 3.05) is 46.4 Å². The lowest BCUT2D eigenvalue weighted by Gasteiger charge is -2.36. The number of aliphatic imine (C=N–C) groups is 1. The first-order chi connectivity index (χ1) is 11.7. The molecule has 1 aliphatic rings. The van der Waals surface area contributed by atoms with Crippen LogP contribution in [0.25, 0.3) is 0 Å². The van der Waals surface area contributed by atoms with Crippen molar-refractivity contribution in [2.45, 2.75) is 32.9 Å². The fourth-order valence-corrected chi connectivity index (χ4v) is 2.88. The predicted molar refractivity (Wildman–Crippen MR) is 116 cm³/mol. The highest BCUT2D eigenvalue weighted by atomic mass is 127. The number of piperazine rings is 1. The average Bonchev–Trinajstić information content (AvgIpc) is 2.60. The monoisotopic (exact) mass is 460 g/mol. The van der Waals surface area contributed by atoms with Crippen molar-refractivity contribution in [1.29, 1.82) is 0 Å². The molecule has 0 amide bonds. The van der Waals surface area contributed by atoms with Gasteiger partial charge in [0.15, 0.2) is 5.96 Å². The number of guanidine groups is 1. The quantitative estimate of drug-likeness (QED) is 0.294. The van der Waals surface area contributed by atoms with Crippen LogP contribution in [-0.4, -0.2) is 68.2 Å². The van der Waals surface area contributed by atoms with Crippen LogP contribution in [0.4, 0.5) is 0 Å². The normalized spacial score (nSPS) is 16.0. The number of hydrogen-bond donors (Lipinski definition) is 1. The third kappa shape index (κ3) is 8.37. The van der Waals surface area contributed by atoms with Crippen molar-refractivity contribution in [3.63, 3.8) is 0 Å². The molecule has 0 aromatic heterocycles. The molecule has 142 valence electrons. The summed E-state index contributed by atoms with van der Waals surface area (Å²) < 4.78 is 5.57. The molecule has 1 N–H and O–H groups in total. The van der Waals surface area contributed by atoms with Gasteiger partial charge in [-0.1, -0.05) is 30.3 Å². The van der Waals surface area contributed by atoms with Crippen molar-refractivity contribution in [3.8, 4) is 0 Å². The van der Waals surface area contributed by atoms with E-state index in [2.05, 4.69) is 64.3 Å². The van der Waals surface area contributed by atoms with E-state index in [0.717, 1.165) is 58.3 Å². The summed E-state index contributed by atoms with van der Waals surface area (Å²) in [6.07, 6.45) is 1.31. The fourth-order valence-electron chi connectivity index (χ4n) is 2.88. The smallest absolute Gasteiger partial charge is 0.193 e. The molecule has 1 aliphatic heterocycles. The molecular formula is C19H33IN4O. The van der Waals surface area contributed by atoms with Crippen LogP contribution in [0.3, 0.4) is 0 Å². The van der Waals surface area contributed by atoms with E-state index in [9.17, 15) is 0 Å².